The summed E-state index contributed by atoms with van der Waals surface area (Å²) in [5, 5.41) is 0. The summed E-state index contributed by atoms with van der Waals surface area (Å²) in [7, 11) is 0. The zero-order valence-corrected chi connectivity index (χ0v) is 9.50. The third-order valence-corrected chi connectivity index (χ3v) is 3.25. The van der Waals surface area contributed by atoms with Crippen molar-refractivity contribution in [2.75, 3.05) is 0 Å². The molecule has 0 N–H and O–H groups in total. The fraction of sp³-hybridized carbons (Fsp3) is 0.455. The molecule has 1 unspecified atom stereocenters. The van der Waals surface area contributed by atoms with Crippen molar-refractivity contribution in [3.05, 3.63) is 21.3 Å². The largest absolute Gasteiger partial charge is 0.128 e. The molecule has 0 amide bonds. The van der Waals surface area contributed by atoms with E-state index in [9.17, 15) is 0 Å². The molecule has 1 rings (SSSR count). The highest BCUT2D eigenvalue weighted by Gasteiger charge is 2.05. The van der Waals surface area contributed by atoms with Crippen LogP contribution in [0.2, 0.25) is 4.34 Å². The summed E-state index contributed by atoms with van der Waals surface area (Å²) in [6.45, 7) is 4.26. The molecule has 13 heavy (non-hydrogen) atoms. The summed E-state index contributed by atoms with van der Waals surface area (Å²) < 4.78 is 0.866. The van der Waals surface area contributed by atoms with Crippen molar-refractivity contribution in [1.29, 1.82) is 0 Å². The number of thiophene rings is 1. The van der Waals surface area contributed by atoms with E-state index in [2.05, 4.69) is 31.8 Å². The number of rotatable bonds is 2. The van der Waals surface area contributed by atoms with E-state index in [1.54, 1.807) is 11.3 Å². The summed E-state index contributed by atoms with van der Waals surface area (Å²) in [5.74, 6) is 6.74. The van der Waals surface area contributed by atoms with Crippen LogP contribution >= 0.6 is 22.9 Å². The minimum atomic E-state index is 0.511. The SMILES string of the molecule is CCC#CCC(C)c1ccc(Cl)s1. The number of halogens is 1. The van der Waals surface area contributed by atoms with Gasteiger partial charge in [-0.25, -0.2) is 0 Å². The van der Waals surface area contributed by atoms with Crippen LogP contribution in [0.15, 0.2) is 12.1 Å². The van der Waals surface area contributed by atoms with E-state index >= 15 is 0 Å². The summed E-state index contributed by atoms with van der Waals surface area (Å²) in [4.78, 5) is 1.33. The van der Waals surface area contributed by atoms with Gasteiger partial charge in [-0.1, -0.05) is 25.4 Å². The molecule has 0 saturated carbocycles. The Morgan fingerprint density at radius 3 is 2.77 bits per heavy atom. The first-order valence-corrected chi connectivity index (χ1v) is 5.64. The Labute approximate surface area is 88.9 Å². The quantitative estimate of drug-likeness (QED) is 0.641. The van der Waals surface area contributed by atoms with Crippen molar-refractivity contribution >= 4 is 22.9 Å². The highest BCUT2D eigenvalue weighted by molar-refractivity contribution is 7.16. The van der Waals surface area contributed by atoms with Gasteiger partial charge in [0, 0.05) is 23.6 Å². The van der Waals surface area contributed by atoms with E-state index in [1.807, 2.05) is 6.07 Å². The van der Waals surface area contributed by atoms with Gasteiger partial charge in [0.25, 0.3) is 0 Å². The molecule has 1 aromatic rings. The molecule has 1 heterocycles. The fourth-order valence-electron chi connectivity index (χ4n) is 1.04. The van der Waals surface area contributed by atoms with Gasteiger partial charge in [-0.15, -0.1) is 23.2 Å². The van der Waals surface area contributed by atoms with Gasteiger partial charge in [0.2, 0.25) is 0 Å². The first-order valence-electron chi connectivity index (χ1n) is 4.45. The van der Waals surface area contributed by atoms with Gasteiger partial charge >= 0.3 is 0 Å². The average Bonchev–Trinajstić information content (AvgIpc) is 2.52. The molecule has 0 aliphatic heterocycles. The van der Waals surface area contributed by atoms with Crippen molar-refractivity contribution in [2.24, 2.45) is 0 Å². The summed E-state index contributed by atoms with van der Waals surface area (Å²) in [6, 6.07) is 4.04. The zero-order valence-electron chi connectivity index (χ0n) is 7.93. The summed E-state index contributed by atoms with van der Waals surface area (Å²) >= 11 is 7.50. The lowest BCUT2D eigenvalue weighted by Gasteiger charge is -2.02. The summed E-state index contributed by atoms with van der Waals surface area (Å²) in [5.41, 5.74) is 0. The molecule has 0 bridgehead atoms. The fourth-order valence-corrected chi connectivity index (χ4v) is 2.16. The molecular weight excluding hydrogens is 200 g/mol. The molecule has 0 saturated heterocycles. The molecule has 70 valence electrons. The molecule has 0 nitrogen and oxygen atoms in total. The molecule has 0 fully saturated rings. The maximum atomic E-state index is 5.85. The van der Waals surface area contributed by atoms with Crippen molar-refractivity contribution in [3.63, 3.8) is 0 Å². The van der Waals surface area contributed by atoms with Crippen LogP contribution < -0.4 is 0 Å². The van der Waals surface area contributed by atoms with Gasteiger partial charge in [-0.05, 0) is 12.1 Å². The molecule has 0 aliphatic rings. The van der Waals surface area contributed by atoms with Crippen molar-refractivity contribution in [1.82, 2.24) is 0 Å². The lowest BCUT2D eigenvalue weighted by molar-refractivity contribution is 0.813. The molecule has 1 aromatic heterocycles. The second-order valence-corrected chi connectivity index (χ2v) is 4.70. The van der Waals surface area contributed by atoms with Gasteiger partial charge in [0.1, 0.15) is 0 Å². The normalized spacial score (nSPS) is 11.9. The highest BCUT2D eigenvalue weighted by atomic mass is 35.5. The first kappa shape index (κ1) is 10.6. The number of hydrogen-bond acceptors (Lipinski definition) is 1. The monoisotopic (exact) mass is 212 g/mol. The standard InChI is InChI=1S/C11H13ClS/c1-3-4-5-6-9(2)10-7-8-11(12)13-10/h7-9H,3,6H2,1-2H3. The van der Waals surface area contributed by atoms with E-state index in [-0.39, 0.29) is 0 Å². The minimum absolute atomic E-state index is 0.511. The van der Waals surface area contributed by atoms with Gasteiger partial charge in [0.05, 0.1) is 4.34 Å². The molecule has 0 aliphatic carbocycles. The Morgan fingerprint density at radius 2 is 2.23 bits per heavy atom. The zero-order chi connectivity index (χ0) is 9.68. The third kappa shape index (κ3) is 3.42. The third-order valence-electron chi connectivity index (χ3n) is 1.79. The van der Waals surface area contributed by atoms with E-state index in [0.29, 0.717) is 5.92 Å². The van der Waals surface area contributed by atoms with E-state index in [1.165, 1.54) is 4.88 Å². The first-order chi connectivity index (χ1) is 6.24. The van der Waals surface area contributed by atoms with Gasteiger partial charge < -0.3 is 0 Å². The van der Waals surface area contributed by atoms with Gasteiger partial charge in [0.15, 0.2) is 0 Å². The second kappa shape index (κ2) is 5.32. The van der Waals surface area contributed by atoms with Crippen LogP contribution in [-0.4, -0.2) is 0 Å². The van der Waals surface area contributed by atoms with E-state index in [4.69, 9.17) is 11.6 Å². The molecular formula is C11H13ClS. The van der Waals surface area contributed by atoms with E-state index < -0.39 is 0 Å². The van der Waals surface area contributed by atoms with Gasteiger partial charge in [-0.2, -0.15) is 0 Å². The second-order valence-electron chi connectivity index (χ2n) is 2.95. The molecule has 2 heteroatoms. The molecule has 0 spiro atoms. The smallest absolute Gasteiger partial charge is 0.0931 e. The van der Waals surface area contributed by atoms with Crippen LogP contribution in [0.3, 0.4) is 0 Å². The highest BCUT2D eigenvalue weighted by Crippen LogP contribution is 2.29. The van der Waals surface area contributed by atoms with Crippen LogP contribution in [0.25, 0.3) is 0 Å². The lowest BCUT2D eigenvalue weighted by Crippen LogP contribution is -1.86. The van der Waals surface area contributed by atoms with Crippen LogP contribution in [-0.2, 0) is 0 Å². The van der Waals surface area contributed by atoms with E-state index in [0.717, 1.165) is 17.2 Å². The molecule has 0 aromatic carbocycles. The Hall–Kier alpha value is -0.450. The topological polar surface area (TPSA) is 0 Å². The van der Waals surface area contributed by atoms with Crippen LogP contribution in [0, 0.1) is 11.8 Å². The van der Waals surface area contributed by atoms with Crippen molar-refractivity contribution in [3.8, 4) is 11.8 Å². The Kier molecular flexibility index (Phi) is 4.35. The predicted molar refractivity (Wildman–Crippen MR) is 60.4 cm³/mol. The van der Waals surface area contributed by atoms with Gasteiger partial charge in [-0.3, -0.25) is 0 Å². The predicted octanol–water partition coefficient (Wildman–Crippen LogP) is 4.31. The van der Waals surface area contributed by atoms with Crippen LogP contribution in [0.4, 0.5) is 0 Å². The van der Waals surface area contributed by atoms with Crippen molar-refractivity contribution in [2.45, 2.75) is 32.6 Å². The Balaban J connectivity index is 2.53. The maximum absolute atomic E-state index is 5.85. The Bertz CT molecular complexity index is 316. The maximum Gasteiger partial charge on any atom is 0.0931 e. The Morgan fingerprint density at radius 1 is 1.46 bits per heavy atom. The lowest BCUT2D eigenvalue weighted by atomic mass is 10.1. The molecule has 1 atom stereocenters. The van der Waals surface area contributed by atoms with Crippen molar-refractivity contribution < 1.29 is 0 Å². The van der Waals surface area contributed by atoms with Crippen LogP contribution in [0.1, 0.15) is 37.5 Å². The minimum Gasteiger partial charge on any atom is -0.128 e. The van der Waals surface area contributed by atoms with Crippen LogP contribution in [0.5, 0.6) is 0 Å². The molecule has 0 radical (unpaired) electrons. The number of hydrogen-bond donors (Lipinski definition) is 0. The summed E-state index contributed by atoms with van der Waals surface area (Å²) in [6.07, 6.45) is 1.88. The average molecular weight is 213 g/mol.